The molecule has 5 heteroatoms. The summed E-state index contributed by atoms with van der Waals surface area (Å²) in [6.45, 7) is 3.08. The molecule has 0 aliphatic carbocycles. The molecule has 1 aliphatic heterocycles. The number of nitrogens with one attached hydrogen (secondary N) is 1. The number of likely N-dealkylation sites (N-methyl/N-ethyl adjacent to an activating group) is 1. The molecule has 1 fully saturated rings. The Morgan fingerprint density at radius 2 is 2.19 bits per heavy atom. The predicted molar refractivity (Wildman–Crippen MR) is 81.6 cm³/mol. The topological polar surface area (TPSA) is 50.8 Å². The van der Waals surface area contributed by atoms with Crippen LogP contribution in [-0.2, 0) is 16.0 Å². The molecule has 0 bridgehead atoms. The van der Waals surface area contributed by atoms with Crippen LogP contribution in [0.5, 0.6) is 5.75 Å². The molecule has 1 amide bonds. The lowest BCUT2D eigenvalue weighted by Crippen LogP contribution is -2.45. The van der Waals surface area contributed by atoms with Gasteiger partial charge in [0.25, 0.3) is 0 Å². The van der Waals surface area contributed by atoms with Gasteiger partial charge in [-0.25, -0.2) is 0 Å². The van der Waals surface area contributed by atoms with Crippen molar-refractivity contribution in [1.29, 1.82) is 0 Å². The maximum atomic E-state index is 12.1. The number of aryl methyl sites for hydroxylation is 1. The highest BCUT2D eigenvalue weighted by Crippen LogP contribution is 2.13. The van der Waals surface area contributed by atoms with E-state index in [9.17, 15) is 4.79 Å². The SMILES string of the molecule is COc1ccc(CCC(=O)N(C)CC2CNCCO2)cc1. The van der Waals surface area contributed by atoms with Crippen LogP contribution in [0.3, 0.4) is 0 Å². The zero-order valence-electron chi connectivity index (χ0n) is 12.8. The second-order valence-corrected chi connectivity index (χ2v) is 5.32. The monoisotopic (exact) mass is 292 g/mol. The second kappa shape index (κ2) is 8.00. The molecule has 116 valence electrons. The molecule has 1 atom stereocenters. The van der Waals surface area contributed by atoms with E-state index in [0.717, 1.165) is 37.4 Å². The molecule has 21 heavy (non-hydrogen) atoms. The summed E-state index contributed by atoms with van der Waals surface area (Å²) in [4.78, 5) is 13.9. The lowest BCUT2D eigenvalue weighted by atomic mass is 10.1. The summed E-state index contributed by atoms with van der Waals surface area (Å²) in [5.41, 5.74) is 1.15. The van der Waals surface area contributed by atoms with E-state index in [1.807, 2.05) is 31.3 Å². The zero-order chi connectivity index (χ0) is 15.1. The fourth-order valence-corrected chi connectivity index (χ4v) is 2.38. The van der Waals surface area contributed by atoms with Crippen molar-refractivity contribution in [2.45, 2.75) is 18.9 Å². The van der Waals surface area contributed by atoms with Gasteiger partial charge in [0.1, 0.15) is 5.75 Å². The smallest absolute Gasteiger partial charge is 0.222 e. The van der Waals surface area contributed by atoms with E-state index in [0.29, 0.717) is 13.0 Å². The van der Waals surface area contributed by atoms with Crippen molar-refractivity contribution in [2.75, 3.05) is 40.4 Å². The molecule has 0 radical (unpaired) electrons. The lowest BCUT2D eigenvalue weighted by Gasteiger charge is -2.28. The van der Waals surface area contributed by atoms with E-state index in [4.69, 9.17) is 9.47 Å². The standard InChI is InChI=1S/C16H24N2O3/c1-18(12-15-11-17-9-10-21-15)16(19)8-5-13-3-6-14(20-2)7-4-13/h3-4,6-7,15,17H,5,8-12H2,1-2H3. The van der Waals surface area contributed by atoms with Gasteiger partial charge in [-0.2, -0.15) is 0 Å². The van der Waals surface area contributed by atoms with E-state index >= 15 is 0 Å². The summed E-state index contributed by atoms with van der Waals surface area (Å²) in [7, 11) is 3.49. The van der Waals surface area contributed by atoms with Crippen LogP contribution in [0, 0.1) is 0 Å². The fourth-order valence-electron chi connectivity index (χ4n) is 2.38. The van der Waals surface area contributed by atoms with Gasteiger partial charge in [-0.05, 0) is 24.1 Å². The Balaban J connectivity index is 1.74. The lowest BCUT2D eigenvalue weighted by molar-refractivity contribution is -0.132. The van der Waals surface area contributed by atoms with Gasteiger partial charge in [-0.15, -0.1) is 0 Å². The number of methoxy groups -OCH3 is 1. The van der Waals surface area contributed by atoms with E-state index < -0.39 is 0 Å². The molecular weight excluding hydrogens is 268 g/mol. The number of rotatable bonds is 6. The van der Waals surface area contributed by atoms with Gasteiger partial charge in [-0.1, -0.05) is 12.1 Å². The number of carbonyl (C=O) groups excluding carboxylic acids is 1. The molecule has 5 nitrogen and oxygen atoms in total. The van der Waals surface area contributed by atoms with Gasteiger partial charge in [-0.3, -0.25) is 4.79 Å². The molecule has 1 aliphatic rings. The highest BCUT2D eigenvalue weighted by molar-refractivity contribution is 5.76. The van der Waals surface area contributed by atoms with Crippen molar-refractivity contribution in [3.63, 3.8) is 0 Å². The van der Waals surface area contributed by atoms with Crippen LogP contribution in [0.25, 0.3) is 0 Å². The Hall–Kier alpha value is -1.59. The first-order chi connectivity index (χ1) is 10.2. The molecule has 2 rings (SSSR count). The third kappa shape index (κ3) is 5.02. The van der Waals surface area contributed by atoms with Gasteiger partial charge in [0.05, 0.1) is 19.8 Å². The summed E-state index contributed by atoms with van der Waals surface area (Å²) < 4.78 is 10.7. The minimum atomic E-state index is 0.105. The number of nitrogens with zero attached hydrogens (tertiary/aromatic N) is 1. The van der Waals surface area contributed by atoms with Crippen LogP contribution in [0.2, 0.25) is 0 Å². The third-order valence-corrected chi connectivity index (χ3v) is 3.69. The maximum Gasteiger partial charge on any atom is 0.222 e. The largest absolute Gasteiger partial charge is 0.497 e. The Labute approximate surface area is 126 Å². The van der Waals surface area contributed by atoms with Gasteiger partial charge in [0, 0.05) is 33.1 Å². The van der Waals surface area contributed by atoms with Crippen LogP contribution >= 0.6 is 0 Å². The Morgan fingerprint density at radius 1 is 1.43 bits per heavy atom. The van der Waals surface area contributed by atoms with Gasteiger partial charge in [0.2, 0.25) is 5.91 Å². The Kier molecular flexibility index (Phi) is 6.02. The normalized spacial score (nSPS) is 18.3. The fraction of sp³-hybridized carbons (Fsp3) is 0.562. The van der Waals surface area contributed by atoms with Crippen molar-refractivity contribution in [2.24, 2.45) is 0 Å². The van der Waals surface area contributed by atoms with Gasteiger partial charge in [0.15, 0.2) is 0 Å². The van der Waals surface area contributed by atoms with Crippen molar-refractivity contribution >= 4 is 5.91 Å². The average Bonchev–Trinajstić information content (AvgIpc) is 2.54. The minimum Gasteiger partial charge on any atom is -0.497 e. The molecule has 1 unspecified atom stereocenters. The molecule has 0 aromatic heterocycles. The molecule has 1 aromatic carbocycles. The predicted octanol–water partition coefficient (Wildman–Crippen LogP) is 1.07. The summed E-state index contributed by atoms with van der Waals surface area (Å²) >= 11 is 0. The van der Waals surface area contributed by atoms with Crippen molar-refractivity contribution < 1.29 is 14.3 Å². The first kappa shape index (κ1) is 15.8. The number of amides is 1. The Morgan fingerprint density at radius 3 is 2.81 bits per heavy atom. The van der Waals surface area contributed by atoms with Gasteiger partial charge >= 0.3 is 0 Å². The van der Waals surface area contributed by atoms with Crippen LogP contribution in [0.1, 0.15) is 12.0 Å². The molecule has 1 N–H and O–H groups in total. The molecular formula is C16H24N2O3. The Bertz CT molecular complexity index is 441. The van der Waals surface area contributed by atoms with Crippen molar-refractivity contribution in [3.05, 3.63) is 29.8 Å². The van der Waals surface area contributed by atoms with Crippen LogP contribution in [-0.4, -0.2) is 57.3 Å². The van der Waals surface area contributed by atoms with Gasteiger partial charge < -0.3 is 19.7 Å². The number of hydrogen-bond acceptors (Lipinski definition) is 4. The maximum absolute atomic E-state index is 12.1. The molecule has 0 spiro atoms. The quantitative estimate of drug-likeness (QED) is 0.852. The van der Waals surface area contributed by atoms with Crippen LogP contribution in [0.4, 0.5) is 0 Å². The summed E-state index contributed by atoms with van der Waals surface area (Å²) in [6.07, 6.45) is 1.37. The number of morpholine rings is 1. The third-order valence-electron chi connectivity index (χ3n) is 3.69. The first-order valence-corrected chi connectivity index (χ1v) is 7.38. The summed E-state index contributed by atoms with van der Waals surface area (Å²) in [5, 5.41) is 3.27. The van der Waals surface area contributed by atoms with Crippen molar-refractivity contribution in [3.8, 4) is 5.75 Å². The molecule has 1 heterocycles. The number of hydrogen-bond donors (Lipinski definition) is 1. The molecule has 0 saturated carbocycles. The summed E-state index contributed by atoms with van der Waals surface area (Å²) in [6, 6.07) is 7.84. The zero-order valence-corrected chi connectivity index (χ0v) is 12.8. The average molecular weight is 292 g/mol. The van der Waals surface area contributed by atoms with E-state index in [-0.39, 0.29) is 12.0 Å². The number of ether oxygens (including phenoxy) is 2. The van der Waals surface area contributed by atoms with E-state index in [1.165, 1.54) is 0 Å². The highest BCUT2D eigenvalue weighted by Gasteiger charge is 2.18. The molecule has 1 saturated heterocycles. The second-order valence-electron chi connectivity index (χ2n) is 5.32. The van der Waals surface area contributed by atoms with Crippen molar-refractivity contribution in [1.82, 2.24) is 10.2 Å². The van der Waals surface area contributed by atoms with E-state index in [1.54, 1.807) is 12.0 Å². The number of benzene rings is 1. The first-order valence-electron chi connectivity index (χ1n) is 7.38. The summed E-state index contributed by atoms with van der Waals surface area (Å²) in [5.74, 6) is 0.990. The highest BCUT2D eigenvalue weighted by atomic mass is 16.5. The molecule has 1 aromatic rings. The number of carbonyl (C=O) groups is 1. The van der Waals surface area contributed by atoms with Crippen LogP contribution < -0.4 is 10.1 Å². The minimum absolute atomic E-state index is 0.105. The van der Waals surface area contributed by atoms with Crippen LogP contribution in [0.15, 0.2) is 24.3 Å². The van der Waals surface area contributed by atoms with E-state index in [2.05, 4.69) is 5.32 Å².